The summed E-state index contributed by atoms with van der Waals surface area (Å²) in [7, 11) is 5.68. The van der Waals surface area contributed by atoms with Gasteiger partial charge in [0.2, 0.25) is 0 Å². The lowest BCUT2D eigenvalue weighted by Gasteiger charge is -2.17. The van der Waals surface area contributed by atoms with E-state index in [1.54, 1.807) is 7.11 Å². The molecule has 0 unspecified atom stereocenters. The Morgan fingerprint density at radius 2 is 1.81 bits per heavy atom. The molecular formula is C14H33IN4OS. The summed E-state index contributed by atoms with van der Waals surface area (Å²) in [6.07, 6.45) is 5.71. The van der Waals surface area contributed by atoms with Crippen LogP contribution in [0.25, 0.3) is 0 Å². The molecule has 0 rings (SSSR count). The van der Waals surface area contributed by atoms with Gasteiger partial charge < -0.3 is 20.3 Å². The molecule has 0 atom stereocenters. The fourth-order valence-electron chi connectivity index (χ4n) is 1.71. The molecule has 0 saturated carbocycles. The van der Waals surface area contributed by atoms with Gasteiger partial charge in [-0.25, -0.2) is 0 Å². The molecule has 0 aliphatic rings. The molecule has 0 spiro atoms. The number of nitrogens with one attached hydrogen (secondary N) is 2. The van der Waals surface area contributed by atoms with Gasteiger partial charge in [0.1, 0.15) is 0 Å². The predicted octanol–water partition coefficient (Wildman–Crippen LogP) is 1.88. The van der Waals surface area contributed by atoms with Crippen molar-refractivity contribution in [1.29, 1.82) is 0 Å². The second kappa shape index (κ2) is 18.3. The number of likely N-dealkylation sites (N-methyl/N-ethyl adjacent to an activating group) is 1. The van der Waals surface area contributed by atoms with Gasteiger partial charge in [-0.05, 0) is 44.9 Å². The highest BCUT2D eigenvalue weighted by atomic mass is 127. The van der Waals surface area contributed by atoms with Gasteiger partial charge in [-0.2, -0.15) is 11.8 Å². The number of halogens is 1. The average molecular weight is 432 g/mol. The predicted molar refractivity (Wildman–Crippen MR) is 106 cm³/mol. The maximum atomic E-state index is 5.06. The SMILES string of the molecule is CN=C(NCCCCSC)NCCCN(C)CCOC.I. The van der Waals surface area contributed by atoms with Gasteiger partial charge in [-0.3, -0.25) is 4.99 Å². The van der Waals surface area contributed by atoms with E-state index in [1.165, 1.54) is 18.6 Å². The number of ether oxygens (including phenoxy) is 1. The van der Waals surface area contributed by atoms with E-state index in [0.29, 0.717) is 0 Å². The summed E-state index contributed by atoms with van der Waals surface area (Å²) in [5, 5.41) is 6.69. The third kappa shape index (κ3) is 16.5. The molecule has 0 heterocycles. The van der Waals surface area contributed by atoms with Gasteiger partial charge >= 0.3 is 0 Å². The molecule has 0 aromatic rings. The van der Waals surface area contributed by atoms with Gasteiger partial charge in [0.25, 0.3) is 0 Å². The van der Waals surface area contributed by atoms with Crippen molar-refractivity contribution < 1.29 is 4.74 Å². The Bertz CT molecular complexity index is 245. The molecule has 0 fully saturated rings. The molecule has 0 aliphatic heterocycles. The summed E-state index contributed by atoms with van der Waals surface area (Å²) in [5.41, 5.74) is 0. The third-order valence-corrected chi connectivity index (χ3v) is 3.67. The summed E-state index contributed by atoms with van der Waals surface area (Å²) >= 11 is 1.90. The molecule has 0 aliphatic carbocycles. The number of hydrogen-bond donors (Lipinski definition) is 2. The molecule has 5 nitrogen and oxygen atoms in total. The van der Waals surface area contributed by atoms with Crippen molar-refractivity contribution >= 4 is 41.7 Å². The number of guanidine groups is 1. The number of nitrogens with zero attached hydrogens (tertiary/aromatic N) is 2. The van der Waals surface area contributed by atoms with Crippen LogP contribution in [0.15, 0.2) is 4.99 Å². The molecule has 0 bridgehead atoms. The van der Waals surface area contributed by atoms with Crippen molar-refractivity contribution in [2.45, 2.75) is 19.3 Å². The molecule has 0 radical (unpaired) electrons. The van der Waals surface area contributed by atoms with Crippen molar-refractivity contribution in [2.75, 3.05) is 66.0 Å². The molecule has 0 aromatic carbocycles. The maximum Gasteiger partial charge on any atom is 0.190 e. The first-order chi connectivity index (χ1) is 9.74. The molecule has 0 amide bonds. The lowest BCUT2D eigenvalue weighted by atomic mass is 10.3. The molecule has 21 heavy (non-hydrogen) atoms. The monoisotopic (exact) mass is 432 g/mol. The lowest BCUT2D eigenvalue weighted by Crippen LogP contribution is -2.39. The standard InChI is InChI=1S/C14H32N4OS.HI/c1-15-14(16-8-5-6-13-20-4)17-9-7-10-18(2)11-12-19-3;/h5-13H2,1-4H3,(H2,15,16,17);1H. The van der Waals surface area contributed by atoms with Crippen LogP contribution in [0.1, 0.15) is 19.3 Å². The Morgan fingerprint density at radius 3 is 2.38 bits per heavy atom. The van der Waals surface area contributed by atoms with E-state index in [4.69, 9.17) is 4.74 Å². The molecule has 128 valence electrons. The van der Waals surface area contributed by atoms with E-state index < -0.39 is 0 Å². The van der Waals surface area contributed by atoms with E-state index >= 15 is 0 Å². The molecule has 2 N–H and O–H groups in total. The van der Waals surface area contributed by atoms with E-state index in [-0.39, 0.29) is 24.0 Å². The normalized spacial score (nSPS) is 11.4. The van der Waals surface area contributed by atoms with Crippen molar-refractivity contribution in [3.05, 3.63) is 0 Å². The van der Waals surface area contributed by atoms with E-state index in [2.05, 4.69) is 33.8 Å². The fourth-order valence-corrected chi connectivity index (χ4v) is 2.21. The number of unbranched alkanes of at least 4 members (excludes halogenated alkanes) is 1. The zero-order chi connectivity index (χ0) is 15.1. The largest absolute Gasteiger partial charge is 0.383 e. The van der Waals surface area contributed by atoms with E-state index in [0.717, 1.165) is 45.2 Å². The number of rotatable bonds is 12. The van der Waals surface area contributed by atoms with Crippen LogP contribution in [0.5, 0.6) is 0 Å². The Labute approximate surface area is 152 Å². The van der Waals surface area contributed by atoms with Gasteiger partial charge in [-0.15, -0.1) is 24.0 Å². The molecule has 7 heteroatoms. The van der Waals surface area contributed by atoms with Crippen LogP contribution in [0.4, 0.5) is 0 Å². The minimum absolute atomic E-state index is 0. The third-order valence-electron chi connectivity index (χ3n) is 2.98. The minimum atomic E-state index is 0. The topological polar surface area (TPSA) is 48.9 Å². The van der Waals surface area contributed by atoms with Crippen LogP contribution in [-0.4, -0.2) is 76.9 Å². The summed E-state index contributed by atoms with van der Waals surface area (Å²) in [4.78, 5) is 6.51. The van der Waals surface area contributed by atoms with E-state index in [1.807, 2.05) is 18.8 Å². The van der Waals surface area contributed by atoms with Crippen LogP contribution in [-0.2, 0) is 4.74 Å². The maximum absolute atomic E-state index is 5.06. The summed E-state index contributed by atoms with van der Waals surface area (Å²) < 4.78 is 5.06. The highest BCUT2D eigenvalue weighted by molar-refractivity contribution is 14.0. The summed E-state index contributed by atoms with van der Waals surface area (Å²) in [5.74, 6) is 2.15. The minimum Gasteiger partial charge on any atom is -0.383 e. The van der Waals surface area contributed by atoms with Gasteiger partial charge in [0.15, 0.2) is 5.96 Å². The molecule has 0 aromatic heterocycles. The number of methoxy groups -OCH3 is 1. The van der Waals surface area contributed by atoms with Crippen LogP contribution in [0, 0.1) is 0 Å². The van der Waals surface area contributed by atoms with Crippen LogP contribution in [0.3, 0.4) is 0 Å². The van der Waals surface area contributed by atoms with Gasteiger partial charge in [-0.1, -0.05) is 0 Å². The first kappa shape index (κ1) is 23.5. The Balaban J connectivity index is 0. The van der Waals surface area contributed by atoms with Crippen molar-refractivity contribution in [3.8, 4) is 0 Å². The first-order valence-electron chi connectivity index (χ1n) is 7.35. The quantitative estimate of drug-likeness (QED) is 0.214. The molecular weight excluding hydrogens is 399 g/mol. The summed E-state index contributed by atoms with van der Waals surface area (Å²) in [6.45, 7) is 4.79. The highest BCUT2D eigenvalue weighted by Gasteiger charge is 1.99. The van der Waals surface area contributed by atoms with Crippen molar-refractivity contribution in [3.63, 3.8) is 0 Å². The first-order valence-corrected chi connectivity index (χ1v) is 8.75. The average Bonchev–Trinajstić information content (AvgIpc) is 2.47. The van der Waals surface area contributed by atoms with E-state index in [9.17, 15) is 0 Å². The van der Waals surface area contributed by atoms with Crippen LogP contribution in [0.2, 0.25) is 0 Å². The van der Waals surface area contributed by atoms with Crippen LogP contribution >= 0.6 is 35.7 Å². The van der Waals surface area contributed by atoms with Gasteiger partial charge in [0.05, 0.1) is 6.61 Å². The number of hydrogen-bond acceptors (Lipinski definition) is 4. The molecule has 0 saturated heterocycles. The smallest absolute Gasteiger partial charge is 0.190 e. The highest BCUT2D eigenvalue weighted by Crippen LogP contribution is 1.97. The second-order valence-electron chi connectivity index (χ2n) is 4.78. The number of aliphatic imine (C=N–C) groups is 1. The Kier molecular flexibility index (Phi) is 20.5. The zero-order valence-electron chi connectivity index (χ0n) is 14.0. The lowest BCUT2D eigenvalue weighted by molar-refractivity contribution is 0.161. The Morgan fingerprint density at radius 1 is 1.14 bits per heavy atom. The summed E-state index contributed by atoms with van der Waals surface area (Å²) in [6, 6.07) is 0. The second-order valence-corrected chi connectivity index (χ2v) is 5.76. The Hall–Kier alpha value is 0.270. The van der Waals surface area contributed by atoms with Crippen molar-refractivity contribution in [1.82, 2.24) is 15.5 Å². The zero-order valence-corrected chi connectivity index (χ0v) is 17.1. The van der Waals surface area contributed by atoms with Crippen molar-refractivity contribution in [2.24, 2.45) is 4.99 Å². The number of thioether (sulfide) groups is 1. The van der Waals surface area contributed by atoms with Gasteiger partial charge in [0, 0.05) is 33.8 Å². The van der Waals surface area contributed by atoms with Crippen LogP contribution < -0.4 is 10.6 Å². The fraction of sp³-hybridized carbons (Fsp3) is 0.929.